The van der Waals surface area contributed by atoms with Gasteiger partial charge in [0.05, 0.1) is 0 Å². The van der Waals surface area contributed by atoms with Gasteiger partial charge in [0.15, 0.2) is 17.7 Å². The first-order chi connectivity index (χ1) is 10.1. The minimum Gasteiger partial charge on any atom is -0.478 e. The van der Waals surface area contributed by atoms with Crippen molar-refractivity contribution in [3.05, 3.63) is 59.9 Å². The van der Waals surface area contributed by atoms with Crippen molar-refractivity contribution in [3.63, 3.8) is 0 Å². The molecule has 3 nitrogen and oxygen atoms in total. The molecule has 0 bridgehead atoms. The molecule has 0 aromatic heterocycles. The zero-order valence-corrected chi connectivity index (χ0v) is 12.1. The topological polar surface area (TPSA) is 38.3 Å². The van der Waals surface area contributed by atoms with Gasteiger partial charge in [0.2, 0.25) is 0 Å². The fraction of sp³-hybridized carbons (Fsp3) is 0.235. The van der Waals surface area contributed by atoms with Crippen LogP contribution in [0.4, 0.5) is 10.1 Å². The smallest absolute Gasteiger partial charge is 0.265 e. The molecule has 0 radical (unpaired) electrons. The normalized spacial score (nSPS) is 11.8. The molecule has 2 rings (SSSR count). The van der Waals surface area contributed by atoms with Crippen molar-refractivity contribution in [1.29, 1.82) is 0 Å². The van der Waals surface area contributed by atoms with E-state index >= 15 is 0 Å². The van der Waals surface area contributed by atoms with Crippen LogP contribution in [0.1, 0.15) is 18.9 Å². The number of hydrogen-bond acceptors (Lipinski definition) is 2. The van der Waals surface area contributed by atoms with Crippen molar-refractivity contribution in [3.8, 4) is 5.75 Å². The van der Waals surface area contributed by atoms with Crippen LogP contribution in [-0.2, 0) is 4.79 Å². The molecule has 1 N–H and O–H groups in total. The SMILES string of the molecule is CC[C@@H](Oc1ccccc1F)C(=O)Nc1ccccc1C. The Balaban J connectivity index is 2.09. The predicted octanol–water partition coefficient (Wildman–Crippen LogP) is 3.93. The van der Waals surface area contributed by atoms with Crippen molar-refractivity contribution in [2.45, 2.75) is 26.4 Å². The molecule has 110 valence electrons. The number of benzene rings is 2. The zero-order chi connectivity index (χ0) is 15.2. The Hall–Kier alpha value is -2.36. The summed E-state index contributed by atoms with van der Waals surface area (Å²) in [5.41, 5.74) is 1.70. The number of carbonyl (C=O) groups excluding carboxylic acids is 1. The maximum Gasteiger partial charge on any atom is 0.265 e. The van der Waals surface area contributed by atoms with Gasteiger partial charge in [0.1, 0.15) is 0 Å². The number of hydrogen-bond donors (Lipinski definition) is 1. The van der Waals surface area contributed by atoms with E-state index in [1.54, 1.807) is 12.1 Å². The van der Waals surface area contributed by atoms with Crippen LogP contribution in [0.3, 0.4) is 0 Å². The fourth-order valence-electron chi connectivity index (χ4n) is 1.94. The van der Waals surface area contributed by atoms with E-state index in [1.165, 1.54) is 12.1 Å². The fourth-order valence-corrected chi connectivity index (χ4v) is 1.94. The van der Waals surface area contributed by atoms with E-state index in [2.05, 4.69) is 5.32 Å². The van der Waals surface area contributed by atoms with Gasteiger partial charge in [-0.1, -0.05) is 37.3 Å². The van der Waals surface area contributed by atoms with Gasteiger partial charge in [-0.15, -0.1) is 0 Å². The molecular formula is C17H18FNO2. The summed E-state index contributed by atoms with van der Waals surface area (Å²) in [6.45, 7) is 3.73. The molecule has 0 spiro atoms. The first kappa shape index (κ1) is 15.0. The van der Waals surface area contributed by atoms with Gasteiger partial charge in [0.25, 0.3) is 5.91 Å². The minimum absolute atomic E-state index is 0.0873. The van der Waals surface area contributed by atoms with Crippen LogP contribution in [-0.4, -0.2) is 12.0 Å². The summed E-state index contributed by atoms with van der Waals surface area (Å²) >= 11 is 0. The molecule has 0 unspecified atom stereocenters. The first-order valence-corrected chi connectivity index (χ1v) is 6.89. The lowest BCUT2D eigenvalue weighted by Crippen LogP contribution is -2.32. The summed E-state index contributed by atoms with van der Waals surface area (Å²) in [6, 6.07) is 13.6. The molecule has 21 heavy (non-hydrogen) atoms. The standard InChI is InChI=1S/C17H18FNO2/c1-3-15(21-16-11-7-5-9-13(16)18)17(20)19-14-10-6-4-8-12(14)2/h4-11,15H,3H2,1-2H3,(H,19,20)/t15-/m1/s1. The number of carbonyl (C=O) groups is 1. The van der Waals surface area contributed by atoms with Crippen molar-refractivity contribution >= 4 is 11.6 Å². The van der Waals surface area contributed by atoms with Crippen LogP contribution in [0.25, 0.3) is 0 Å². The summed E-state index contributed by atoms with van der Waals surface area (Å²) in [5.74, 6) is -0.668. The lowest BCUT2D eigenvalue weighted by molar-refractivity contribution is -0.122. The molecule has 0 aliphatic heterocycles. The van der Waals surface area contributed by atoms with Gasteiger partial charge in [-0.2, -0.15) is 0 Å². The third kappa shape index (κ3) is 3.81. The average molecular weight is 287 g/mol. The third-order valence-electron chi connectivity index (χ3n) is 3.17. The summed E-state index contributed by atoms with van der Waals surface area (Å²) in [5, 5.41) is 2.81. The zero-order valence-electron chi connectivity index (χ0n) is 12.1. The second kappa shape index (κ2) is 6.88. The molecule has 4 heteroatoms. The second-order valence-electron chi connectivity index (χ2n) is 4.75. The predicted molar refractivity (Wildman–Crippen MR) is 80.9 cm³/mol. The van der Waals surface area contributed by atoms with Gasteiger partial charge in [0, 0.05) is 5.69 Å². The van der Waals surface area contributed by atoms with E-state index in [4.69, 9.17) is 4.74 Å². The van der Waals surface area contributed by atoms with Crippen molar-refractivity contribution in [2.24, 2.45) is 0 Å². The summed E-state index contributed by atoms with van der Waals surface area (Å²) in [7, 11) is 0. The molecule has 0 aliphatic carbocycles. The van der Waals surface area contributed by atoms with Gasteiger partial charge >= 0.3 is 0 Å². The Bertz CT molecular complexity index is 628. The van der Waals surface area contributed by atoms with Gasteiger partial charge < -0.3 is 10.1 Å². The van der Waals surface area contributed by atoms with Crippen molar-refractivity contribution in [1.82, 2.24) is 0 Å². The van der Waals surface area contributed by atoms with E-state index in [9.17, 15) is 9.18 Å². The van der Waals surface area contributed by atoms with E-state index in [1.807, 2.05) is 38.1 Å². The molecule has 0 heterocycles. The molecular weight excluding hydrogens is 269 g/mol. The van der Waals surface area contributed by atoms with E-state index in [0.29, 0.717) is 6.42 Å². The molecule has 1 atom stereocenters. The Morgan fingerprint density at radius 3 is 2.52 bits per heavy atom. The Kier molecular flexibility index (Phi) is 4.93. The summed E-state index contributed by atoms with van der Waals surface area (Å²) < 4.78 is 19.1. The highest BCUT2D eigenvalue weighted by molar-refractivity contribution is 5.94. The van der Waals surface area contributed by atoms with E-state index in [-0.39, 0.29) is 11.7 Å². The highest BCUT2D eigenvalue weighted by Crippen LogP contribution is 2.19. The highest BCUT2D eigenvalue weighted by Gasteiger charge is 2.20. The first-order valence-electron chi connectivity index (χ1n) is 6.89. The average Bonchev–Trinajstić information content (AvgIpc) is 2.48. The van der Waals surface area contributed by atoms with Crippen LogP contribution in [0.15, 0.2) is 48.5 Å². The second-order valence-corrected chi connectivity index (χ2v) is 4.75. The Labute approximate surface area is 123 Å². The highest BCUT2D eigenvalue weighted by atomic mass is 19.1. The number of para-hydroxylation sites is 2. The molecule has 0 aliphatic rings. The number of rotatable bonds is 5. The maximum atomic E-state index is 13.6. The summed E-state index contributed by atoms with van der Waals surface area (Å²) in [4.78, 5) is 12.3. The van der Waals surface area contributed by atoms with Crippen molar-refractivity contribution < 1.29 is 13.9 Å². The number of nitrogens with one attached hydrogen (secondary N) is 1. The number of halogens is 1. The van der Waals surface area contributed by atoms with Gasteiger partial charge in [-0.05, 0) is 37.1 Å². The lowest BCUT2D eigenvalue weighted by atomic mass is 10.2. The van der Waals surface area contributed by atoms with Crippen LogP contribution in [0, 0.1) is 12.7 Å². The molecule has 2 aromatic carbocycles. The van der Waals surface area contributed by atoms with Crippen LogP contribution >= 0.6 is 0 Å². The van der Waals surface area contributed by atoms with Crippen molar-refractivity contribution in [2.75, 3.05) is 5.32 Å². The number of anilines is 1. The molecule has 2 aromatic rings. The minimum atomic E-state index is -0.735. The molecule has 0 fully saturated rings. The van der Waals surface area contributed by atoms with E-state index < -0.39 is 11.9 Å². The monoisotopic (exact) mass is 287 g/mol. The number of amides is 1. The maximum absolute atomic E-state index is 13.6. The summed E-state index contributed by atoms with van der Waals surface area (Å²) in [6.07, 6.45) is -0.284. The molecule has 0 saturated carbocycles. The Morgan fingerprint density at radius 2 is 1.86 bits per heavy atom. The van der Waals surface area contributed by atoms with Crippen LogP contribution in [0.5, 0.6) is 5.75 Å². The van der Waals surface area contributed by atoms with E-state index in [0.717, 1.165) is 11.3 Å². The Morgan fingerprint density at radius 1 is 1.19 bits per heavy atom. The van der Waals surface area contributed by atoms with Crippen LogP contribution in [0.2, 0.25) is 0 Å². The third-order valence-corrected chi connectivity index (χ3v) is 3.17. The number of aryl methyl sites for hydroxylation is 1. The molecule has 1 amide bonds. The lowest BCUT2D eigenvalue weighted by Gasteiger charge is -2.18. The number of ether oxygens (including phenoxy) is 1. The molecule has 0 saturated heterocycles. The van der Waals surface area contributed by atoms with Crippen LogP contribution < -0.4 is 10.1 Å². The van der Waals surface area contributed by atoms with Gasteiger partial charge in [-0.3, -0.25) is 4.79 Å². The van der Waals surface area contributed by atoms with Gasteiger partial charge in [-0.25, -0.2) is 4.39 Å². The quantitative estimate of drug-likeness (QED) is 0.905. The largest absolute Gasteiger partial charge is 0.478 e.